The number of benzene rings is 1. The maximum Gasteiger partial charge on any atom is 0.325 e. The third-order valence-electron chi connectivity index (χ3n) is 5.40. The molecule has 1 atom stereocenters. The highest BCUT2D eigenvalue weighted by atomic mass is 32.1. The highest BCUT2D eigenvalue weighted by Gasteiger charge is 2.49. The van der Waals surface area contributed by atoms with Crippen LogP contribution in [-0.2, 0) is 28.2 Å². The number of rotatable bonds is 7. The molecule has 4 rings (SSSR count). The molecule has 1 aliphatic heterocycles. The van der Waals surface area contributed by atoms with Crippen molar-refractivity contribution in [3.63, 3.8) is 0 Å². The third kappa shape index (κ3) is 4.25. The first kappa shape index (κ1) is 20.9. The zero-order chi connectivity index (χ0) is 22.0. The van der Waals surface area contributed by atoms with E-state index in [0.29, 0.717) is 17.9 Å². The van der Waals surface area contributed by atoms with Gasteiger partial charge in [0.05, 0.1) is 19.4 Å². The molecule has 31 heavy (non-hydrogen) atoms. The highest BCUT2D eigenvalue weighted by Crippen LogP contribution is 2.29. The summed E-state index contributed by atoms with van der Waals surface area (Å²) in [5.41, 5.74) is 0.528. The number of imide groups is 1. The second-order valence-corrected chi connectivity index (χ2v) is 8.75. The second kappa shape index (κ2) is 8.39. The Morgan fingerprint density at radius 3 is 2.55 bits per heavy atom. The Hall–Kier alpha value is -3.39. The Morgan fingerprint density at radius 2 is 1.90 bits per heavy atom. The molecule has 160 valence electrons. The first-order valence-corrected chi connectivity index (χ1v) is 10.8. The number of hydrogen-bond donors (Lipinski definition) is 1. The van der Waals surface area contributed by atoms with Crippen LogP contribution in [0.5, 0.6) is 0 Å². The van der Waals surface area contributed by atoms with Gasteiger partial charge in [0.1, 0.15) is 17.8 Å². The van der Waals surface area contributed by atoms with Crippen LogP contribution in [0.15, 0.2) is 64.6 Å². The van der Waals surface area contributed by atoms with Gasteiger partial charge in [0, 0.05) is 4.88 Å². The number of nitrogens with one attached hydrogen (secondary N) is 1. The number of aryl methyl sites for hydroxylation is 1. The number of thiophene rings is 1. The van der Waals surface area contributed by atoms with E-state index in [1.807, 2.05) is 48.7 Å². The second-order valence-electron chi connectivity index (χ2n) is 7.72. The van der Waals surface area contributed by atoms with Crippen LogP contribution in [0.3, 0.4) is 0 Å². The summed E-state index contributed by atoms with van der Waals surface area (Å²) >= 11 is 1.54. The minimum atomic E-state index is -1.20. The lowest BCUT2D eigenvalue weighted by molar-refractivity contribution is -0.139. The molecule has 1 saturated heterocycles. The smallest absolute Gasteiger partial charge is 0.325 e. The fourth-order valence-electron chi connectivity index (χ4n) is 3.57. The standard InChI is InChI=1S/C23H23N3O4S/c1-16-7-9-17(10-8-16)23(2)21(28)26(22(29)24-23)15-20(27)25(13-18-5-3-11-30-18)14-19-6-4-12-31-19/h3-12H,13-15H2,1-2H3,(H,24,29). The lowest BCUT2D eigenvalue weighted by Gasteiger charge is -2.25. The van der Waals surface area contributed by atoms with E-state index >= 15 is 0 Å². The molecule has 1 aromatic carbocycles. The van der Waals surface area contributed by atoms with Crippen molar-refractivity contribution in [1.29, 1.82) is 0 Å². The van der Waals surface area contributed by atoms with Crippen molar-refractivity contribution in [1.82, 2.24) is 15.1 Å². The summed E-state index contributed by atoms with van der Waals surface area (Å²) in [4.78, 5) is 42.5. The molecule has 3 aromatic rings. The summed E-state index contributed by atoms with van der Waals surface area (Å²) in [6.07, 6.45) is 1.55. The Labute approximate surface area is 184 Å². The number of carbonyl (C=O) groups excluding carboxylic acids is 3. The van der Waals surface area contributed by atoms with E-state index in [1.165, 1.54) is 11.3 Å². The van der Waals surface area contributed by atoms with Gasteiger partial charge in [-0.2, -0.15) is 0 Å². The Morgan fingerprint density at radius 1 is 1.13 bits per heavy atom. The number of carbonyl (C=O) groups is 3. The SMILES string of the molecule is Cc1ccc(C2(C)NC(=O)N(CC(=O)N(Cc3ccco3)Cc3cccs3)C2=O)cc1. The van der Waals surface area contributed by atoms with Gasteiger partial charge in [-0.25, -0.2) is 4.79 Å². The van der Waals surface area contributed by atoms with Crippen LogP contribution in [0.1, 0.15) is 28.7 Å². The maximum atomic E-state index is 13.2. The highest BCUT2D eigenvalue weighted by molar-refractivity contribution is 7.09. The quantitative estimate of drug-likeness (QED) is 0.572. The fraction of sp³-hybridized carbons (Fsp3) is 0.261. The molecule has 0 radical (unpaired) electrons. The van der Waals surface area contributed by atoms with Crippen LogP contribution < -0.4 is 5.32 Å². The zero-order valence-electron chi connectivity index (χ0n) is 17.3. The third-order valence-corrected chi connectivity index (χ3v) is 6.26. The van der Waals surface area contributed by atoms with E-state index in [9.17, 15) is 14.4 Å². The number of amides is 4. The van der Waals surface area contributed by atoms with Crippen LogP contribution in [0, 0.1) is 6.92 Å². The van der Waals surface area contributed by atoms with E-state index in [0.717, 1.165) is 15.3 Å². The fourth-order valence-corrected chi connectivity index (χ4v) is 4.29. The average Bonchev–Trinajstić information content (AvgIpc) is 3.48. The van der Waals surface area contributed by atoms with Crippen molar-refractivity contribution >= 4 is 29.2 Å². The predicted octanol–water partition coefficient (Wildman–Crippen LogP) is 3.65. The lowest BCUT2D eigenvalue weighted by atomic mass is 9.91. The minimum absolute atomic E-state index is 0.253. The van der Waals surface area contributed by atoms with Gasteiger partial charge in [0.15, 0.2) is 0 Å². The van der Waals surface area contributed by atoms with Gasteiger partial charge in [0.2, 0.25) is 5.91 Å². The molecule has 0 saturated carbocycles. The predicted molar refractivity (Wildman–Crippen MR) is 116 cm³/mol. The summed E-state index contributed by atoms with van der Waals surface area (Å²) < 4.78 is 5.40. The summed E-state index contributed by atoms with van der Waals surface area (Å²) in [6, 6.07) is 14.2. The van der Waals surface area contributed by atoms with Gasteiger partial charge in [-0.15, -0.1) is 11.3 Å². The molecule has 1 aliphatic rings. The molecule has 1 N–H and O–H groups in total. The number of furan rings is 1. The normalized spacial score (nSPS) is 18.3. The Bertz CT molecular complexity index is 1040. The topological polar surface area (TPSA) is 82.9 Å². The van der Waals surface area contributed by atoms with Gasteiger partial charge < -0.3 is 14.6 Å². The Kier molecular flexibility index (Phi) is 5.65. The average molecular weight is 438 g/mol. The van der Waals surface area contributed by atoms with Gasteiger partial charge in [-0.3, -0.25) is 14.5 Å². The molecule has 7 nitrogen and oxygen atoms in total. The first-order valence-electron chi connectivity index (χ1n) is 9.90. The molecule has 8 heteroatoms. The van der Waals surface area contributed by atoms with Crippen molar-refractivity contribution in [2.24, 2.45) is 0 Å². The van der Waals surface area contributed by atoms with Gasteiger partial charge in [0.25, 0.3) is 5.91 Å². The number of hydrogen-bond acceptors (Lipinski definition) is 5. The zero-order valence-corrected chi connectivity index (χ0v) is 18.1. The van der Waals surface area contributed by atoms with Crippen LogP contribution in [-0.4, -0.2) is 34.2 Å². The van der Waals surface area contributed by atoms with E-state index in [-0.39, 0.29) is 19.0 Å². The summed E-state index contributed by atoms with van der Waals surface area (Å²) in [5.74, 6) is -0.142. The molecular formula is C23H23N3O4S. The number of nitrogens with zero attached hydrogens (tertiary/aromatic N) is 2. The van der Waals surface area contributed by atoms with E-state index in [4.69, 9.17) is 4.42 Å². The van der Waals surface area contributed by atoms with Crippen LogP contribution in [0.2, 0.25) is 0 Å². The van der Waals surface area contributed by atoms with Crippen molar-refractivity contribution in [3.8, 4) is 0 Å². The summed E-state index contributed by atoms with van der Waals surface area (Å²) in [5, 5.41) is 4.69. The van der Waals surface area contributed by atoms with Crippen LogP contribution >= 0.6 is 11.3 Å². The van der Waals surface area contributed by atoms with Crippen molar-refractivity contribution < 1.29 is 18.8 Å². The number of urea groups is 1. The molecule has 1 fully saturated rings. The summed E-state index contributed by atoms with van der Waals surface area (Å²) in [6.45, 7) is 3.90. The molecule has 0 bridgehead atoms. The van der Waals surface area contributed by atoms with Gasteiger partial charge in [-0.05, 0) is 43.0 Å². The molecule has 3 heterocycles. The molecular weight excluding hydrogens is 414 g/mol. The molecule has 0 spiro atoms. The monoisotopic (exact) mass is 437 g/mol. The van der Waals surface area contributed by atoms with Crippen molar-refractivity contribution in [2.45, 2.75) is 32.5 Å². The van der Waals surface area contributed by atoms with Crippen LogP contribution in [0.4, 0.5) is 4.79 Å². The molecule has 0 aliphatic carbocycles. The Balaban J connectivity index is 1.52. The van der Waals surface area contributed by atoms with Crippen molar-refractivity contribution in [3.05, 3.63) is 81.9 Å². The van der Waals surface area contributed by atoms with Crippen molar-refractivity contribution in [2.75, 3.05) is 6.54 Å². The molecule has 2 aromatic heterocycles. The van der Waals surface area contributed by atoms with Gasteiger partial charge in [-0.1, -0.05) is 35.9 Å². The minimum Gasteiger partial charge on any atom is -0.467 e. The largest absolute Gasteiger partial charge is 0.467 e. The van der Waals surface area contributed by atoms with Gasteiger partial charge >= 0.3 is 6.03 Å². The lowest BCUT2D eigenvalue weighted by Crippen LogP contribution is -2.44. The van der Waals surface area contributed by atoms with Crippen LogP contribution in [0.25, 0.3) is 0 Å². The van der Waals surface area contributed by atoms with E-state index in [1.54, 1.807) is 30.2 Å². The maximum absolute atomic E-state index is 13.2. The first-order chi connectivity index (χ1) is 14.9. The molecule has 4 amide bonds. The summed E-state index contributed by atoms with van der Waals surface area (Å²) in [7, 11) is 0. The van der Waals surface area contributed by atoms with E-state index in [2.05, 4.69) is 5.32 Å². The van der Waals surface area contributed by atoms with E-state index < -0.39 is 17.5 Å². The molecule has 1 unspecified atom stereocenters.